The van der Waals surface area contributed by atoms with E-state index in [1.165, 1.54) is 0 Å². The predicted octanol–water partition coefficient (Wildman–Crippen LogP) is 2.99. The standard InChI is InChI=1S/C15H21BrNO3/c1-15(2,3)20-14(19)9-8-13(18)17-10-11-6-4-5-7-12(11)16/h4-7,14,19H,8-10H2,1-3H3. The third kappa shape index (κ3) is 7.03. The highest BCUT2D eigenvalue weighted by Gasteiger charge is 2.17. The molecule has 1 atom stereocenters. The third-order valence-electron chi connectivity index (χ3n) is 2.48. The number of aliphatic hydroxyl groups excluding tert-OH is 1. The van der Waals surface area contributed by atoms with E-state index in [9.17, 15) is 9.90 Å². The number of hydrogen-bond acceptors (Lipinski definition) is 3. The highest BCUT2D eigenvalue weighted by Crippen LogP contribution is 2.16. The largest absolute Gasteiger partial charge is 0.368 e. The Labute approximate surface area is 128 Å². The zero-order valence-electron chi connectivity index (χ0n) is 12.1. The number of nitrogens with zero attached hydrogens (tertiary/aromatic N) is 1. The lowest BCUT2D eigenvalue weighted by Crippen LogP contribution is -2.28. The lowest BCUT2D eigenvalue weighted by Gasteiger charge is -2.23. The van der Waals surface area contributed by atoms with Gasteiger partial charge >= 0.3 is 0 Å². The number of amides is 1. The highest BCUT2D eigenvalue weighted by atomic mass is 79.9. The van der Waals surface area contributed by atoms with Crippen molar-refractivity contribution >= 4 is 21.8 Å². The van der Waals surface area contributed by atoms with Crippen molar-refractivity contribution in [2.45, 2.75) is 52.0 Å². The van der Waals surface area contributed by atoms with Gasteiger partial charge in [0.15, 0.2) is 6.29 Å². The fourth-order valence-electron chi connectivity index (χ4n) is 1.59. The zero-order valence-corrected chi connectivity index (χ0v) is 13.7. The van der Waals surface area contributed by atoms with Crippen LogP contribution in [0.5, 0.6) is 0 Å². The van der Waals surface area contributed by atoms with Gasteiger partial charge in [0.25, 0.3) is 0 Å². The third-order valence-corrected chi connectivity index (χ3v) is 3.25. The summed E-state index contributed by atoms with van der Waals surface area (Å²) in [6.07, 6.45) is -0.491. The van der Waals surface area contributed by atoms with E-state index in [1.54, 1.807) is 0 Å². The fraction of sp³-hybridized carbons (Fsp3) is 0.533. The summed E-state index contributed by atoms with van der Waals surface area (Å²) >= 11 is 3.41. The van der Waals surface area contributed by atoms with Crippen molar-refractivity contribution in [1.82, 2.24) is 5.32 Å². The number of benzene rings is 1. The molecule has 1 N–H and O–H groups in total. The Morgan fingerprint density at radius 2 is 2.05 bits per heavy atom. The van der Waals surface area contributed by atoms with Gasteiger partial charge in [-0.25, -0.2) is 5.32 Å². The highest BCUT2D eigenvalue weighted by molar-refractivity contribution is 9.10. The lowest BCUT2D eigenvalue weighted by molar-refractivity contribution is -0.170. The quantitative estimate of drug-likeness (QED) is 0.808. The van der Waals surface area contributed by atoms with Crippen LogP contribution in [0.3, 0.4) is 0 Å². The van der Waals surface area contributed by atoms with Crippen LogP contribution in [-0.4, -0.2) is 22.9 Å². The molecule has 1 unspecified atom stereocenters. The molecule has 111 valence electrons. The molecule has 4 nitrogen and oxygen atoms in total. The fourth-order valence-corrected chi connectivity index (χ4v) is 2.00. The van der Waals surface area contributed by atoms with E-state index >= 15 is 0 Å². The molecule has 0 heterocycles. The first-order valence-electron chi connectivity index (χ1n) is 6.57. The molecule has 1 radical (unpaired) electrons. The average molecular weight is 343 g/mol. The first kappa shape index (κ1) is 17.1. The number of halogens is 1. The van der Waals surface area contributed by atoms with Crippen molar-refractivity contribution in [2.75, 3.05) is 0 Å². The summed E-state index contributed by atoms with van der Waals surface area (Å²) in [6.45, 7) is 5.91. The Bertz CT molecular complexity index is 443. The molecule has 0 spiro atoms. The van der Waals surface area contributed by atoms with Crippen molar-refractivity contribution < 1.29 is 14.6 Å². The summed E-state index contributed by atoms with van der Waals surface area (Å²) in [7, 11) is 0. The Morgan fingerprint density at radius 3 is 2.65 bits per heavy atom. The molecule has 0 saturated heterocycles. The van der Waals surface area contributed by atoms with Crippen LogP contribution >= 0.6 is 15.9 Å². The Kier molecular flexibility index (Phi) is 6.65. The van der Waals surface area contributed by atoms with Crippen molar-refractivity contribution in [3.05, 3.63) is 34.3 Å². The minimum Gasteiger partial charge on any atom is -0.368 e. The average Bonchev–Trinajstić information content (AvgIpc) is 2.33. The molecular formula is C15H21BrNO3. The summed E-state index contributed by atoms with van der Waals surface area (Å²) in [6, 6.07) is 7.64. The summed E-state index contributed by atoms with van der Waals surface area (Å²) in [4.78, 5) is 11.6. The van der Waals surface area contributed by atoms with E-state index in [2.05, 4.69) is 21.2 Å². The number of carbonyl (C=O) groups excluding carboxylic acids is 1. The van der Waals surface area contributed by atoms with Crippen LogP contribution in [0.25, 0.3) is 0 Å². The van der Waals surface area contributed by atoms with Crippen molar-refractivity contribution in [3.63, 3.8) is 0 Å². The van der Waals surface area contributed by atoms with Crippen LogP contribution in [0.2, 0.25) is 0 Å². The van der Waals surface area contributed by atoms with E-state index in [4.69, 9.17) is 4.74 Å². The molecule has 5 heteroatoms. The van der Waals surface area contributed by atoms with E-state index in [-0.39, 0.29) is 18.7 Å². The Hall–Kier alpha value is -0.910. The summed E-state index contributed by atoms with van der Waals surface area (Å²) in [5.74, 6) is -0.225. The lowest BCUT2D eigenvalue weighted by atomic mass is 10.2. The second kappa shape index (κ2) is 7.76. The zero-order chi connectivity index (χ0) is 15.2. The van der Waals surface area contributed by atoms with Gasteiger partial charge in [0, 0.05) is 17.3 Å². The van der Waals surface area contributed by atoms with Gasteiger partial charge in [-0.2, -0.15) is 0 Å². The van der Waals surface area contributed by atoms with Gasteiger partial charge in [-0.1, -0.05) is 34.1 Å². The van der Waals surface area contributed by atoms with E-state index in [0.717, 1.165) is 10.0 Å². The molecule has 0 aliphatic heterocycles. The van der Waals surface area contributed by atoms with Crippen LogP contribution in [0, 0.1) is 0 Å². The summed E-state index contributed by atoms with van der Waals surface area (Å²) in [5, 5.41) is 13.6. The van der Waals surface area contributed by atoms with Gasteiger partial charge in [0.1, 0.15) is 0 Å². The molecule has 0 bridgehead atoms. The maximum atomic E-state index is 11.6. The molecule has 1 aromatic rings. The minimum absolute atomic E-state index is 0.182. The number of rotatable bonds is 6. The molecule has 20 heavy (non-hydrogen) atoms. The first-order chi connectivity index (χ1) is 9.28. The maximum absolute atomic E-state index is 11.6. The predicted molar refractivity (Wildman–Crippen MR) is 81.1 cm³/mol. The Morgan fingerprint density at radius 1 is 1.40 bits per heavy atom. The van der Waals surface area contributed by atoms with Crippen molar-refractivity contribution in [1.29, 1.82) is 0 Å². The number of hydrogen-bond donors (Lipinski definition) is 1. The van der Waals surface area contributed by atoms with Crippen LogP contribution in [0.1, 0.15) is 39.2 Å². The SMILES string of the molecule is CC(C)(C)OC(O)CCC(=O)[N]Cc1ccccc1Br. The Balaban J connectivity index is 2.29. The van der Waals surface area contributed by atoms with Gasteiger partial charge in [-0.3, -0.25) is 4.79 Å². The molecule has 1 amide bonds. The van der Waals surface area contributed by atoms with Gasteiger partial charge in [-0.15, -0.1) is 0 Å². The second-order valence-electron chi connectivity index (χ2n) is 5.52. The molecule has 1 rings (SSSR count). The summed E-state index contributed by atoms with van der Waals surface area (Å²) in [5.41, 5.74) is 0.543. The normalized spacial score (nSPS) is 13.1. The van der Waals surface area contributed by atoms with E-state index in [1.807, 2.05) is 45.0 Å². The number of ether oxygens (including phenoxy) is 1. The van der Waals surface area contributed by atoms with Gasteiger partial charge in [0.2, 0.25) is 5.91 Å². The molecule has 0 aliphatic carbocycles. The van der Waals surface area contributed by atoms with Crippen LogP contribution in [0.15, 0.2) is 28.7 Å². The van der Waals surface area contributed by atoms with Crippen molar-refractivity contribution in [2.24, 2.45) is 0 Å². The van der Waals surface area contributed by atoms with Crippen LogP contribution in [-0.2, 0) is 16.1 Å². The molecule has 1 aromatic carbocycles. The summed E-state index contributed by atoms with van der Waals surface area (Å²) < 4.78 is 6.26. The number of aliphatic hydroxyl groups is 1. The van der Waals surface area contributed by atoms with E-state index < -0.39 is 11.9 Å². The second-order valence-corrected chi connectivity index (χ2v) is 6.38. The van der Waals surface area contributed by atoms with Crippen molar-refractivity contribution in [3.8, 4) is 0 Å². The molecule has 0 aliphatic rings. The minimum atomic E-state index is -0.933. The van der Waals surface area contributed by atoms with Crippen LogP contribution in [0.4, 0.5) is 0 Å². The molecule has 0 saturated carbocycles. The molecular weight excluding hydrogens is 322 g/mol. The molecule has 0 fully saturated rings. The van der Waals surface area contributed by atoms with E-state index in [0.29, 0.717) is 6.54 Å². The van der Waals surface area contributed by atoms with Gasteiger partial charge in [-0.05, 0) is 32.4 Å². The number of carbonyl (C=O) groups is 1. The van der Waals surface area contributed by atoms with Crippen LogP contribution < -0.4 is 5.32 Å². The first-order valence-corrected chi connectivity index (χ1v) is 7.37. The molecule has 0 aromatic heterocycles. The van der Waals surface area contributed by atoms with Gasteiger partial charge < -0.3 is 9.84 Å². The monoisotopic (exact) mass is 342 g/mol. The topological polar surface area (TPSA) is 60.6 Å². The smallest absolute Gasteiger partial charge is 0.241 e. The maximum Gasteiger partial charge on any atom is 0.241 e. The van der Waals surface area contributed by atoms with Gasteiger partial charge in [0.05, 0.1) is 12.1 Å².